The van der Waals surface area contributed by atoms with E-state index in [0.29, 0.717) is 15.8 Å². The number of hydrogen-bond donors (Lipinski definition) is 0. The highest BCUT2D eigenvalue weighted by Crippen LogP contribution is 2.34. The Kier molecular flexibility index (Phi) is 4.81. The highest BCUT2D eigenvalue weighted by Gasteiger charge is 2.34. The number of carbonyl (C=O) groups is 1. The Morgan fingerprint density at radius 3 is 3.05 bits per heavy atom. The zero-order valence-electron chi connectivity index (χ0n) is 12.3. The van der Waals surface area contributed by atoms with Crippen LogP contribution in [0, 0.1) is 0 Å². The number of hydrogen-bond acceptors (Lipinski definition) is 5. The van der Waals surface area contributed by atoms with Crippen molar-refractivity contribution in [3.63, 3.8) is 0 Å². The normalized spacial score (nSPS) is 23.6. The average molecular weight is 335 g/mol. The van der Waals surface area contributed by atoms with Crippen molar-refractivity contribution in [1.29, 1.82) is 0 Å². The molecular weight excluding hydrogens is 318 g/mol. The van der Waals surface area contributed by atoms with E-state index in [0.717, 1.165) is 30.8 Å². The fourth-order valence-electron chi connectivity index (χ4n) is 2.58. The molecule has 3 rings (SSSR count). The Labute approximate surface area is 139 Å². The lowest BCUT2D eigenvalue weighted by molar-refractivity contribution is -0.123. The molecular formula is C16H17NO3S2. The van der Waals surface area contributed by atoms with Gasteiger partial charge in [0.1, 0.15) is 10.1 Å². The van der Waals surface area contributed by atoms with Gasteiger partial charge in [0.15, 0.2) is 0 Å². The maximum atomic E-state index is 12.6. The van der Waals surface area contributed by atoms with Crippen molar-refractivity contribution >= 4 is 40.3 Å². The number of benzene rings is 1. The Bertz CT molecular complexity index is 624. The van der Waals surface area contributed by atoms with Crippen LogP contribution in [0.3, 0.4) is 0 Å². The van der Waals surface area contributed by atoms with Crippen LogP contribution in [0.25, 0.3) is 6.08 Å². The van der Waals surface area contributed by atoms with E-state index < -0.39 is 0 Å². The number of para-hydroxylation sites is 1. The first kappa shape index (κ1) is 15.5. The Hall–Kier alpha value is -1.37. The molecule has 0 spiro atoms. The van der Waals surface area contributed by atoms with Crippen LogP contribution >= 0.6 is 24.0 Å². The van der Waals surface area contributed by atoms with Crippen molar-refractivity contribution in [2.75, 3.05) is 20.3 Å². The number of amides is 1. The Morgan fingerprint density at radius 1 is 1.50 bits per heavy atom. The van der Waals surface area contributed by atoms with Gasteiger partial charge in [0.25, 0.3) is 5.91 Å². The molecule has 1 amide bonds. The van der Waals surface area contributed by atoms with Crippen LogP contribution in [0.15, 0.2) is 29.2 Å². The van der Waals surface area contributed by atoms with Gasteiger partial charge in [0, 0.05) is 12.2 Å². The van der Waals surface area contributed by atoms with Gasteiger partial charge in [0.05, 0.1) is 24.7 Å². The lowest BCUT2D eigenvalue weighted by Gasteiger charge is -2.18. The number of methoxy groups -OCH3 is 1. The summed E-state index contributed by atoms with van der Waals surface area (Å²) in [4.78, 5) is 14.8. The monoisotopic (exact) mass is 335 g/mol. The van der Waals surface area contributed by atoms with Gasteiger partial charge < -0.3 is 9.47 Å². The van der Waals surface area contributed by atoms with Crippen LogP contribution in [0.1, 0.15) is 18.4 Å². The van der Waals surface area contributed by atoms with Crippen LogP contribution in [-0.2, 0) is 9.53 Å². The first-order chi connectivity index (χ1) is 10.7. The van der Waals surface area contributed by atoms with Crippen LogP contribution in [-0.4, -0.2) is 41.5 Å². The highest BCUT2D eigenvalue weighted by atomic mass is 32.2. The van der Waals surface area contributed by atoms with Crippen LogP contribution in [0.4, 0.5) is 0 Å². The van der Waals surface area contributed by atoms with Gasteiger partial charge in [-0.15, -0.1) is 0 Å². The molecule has 1 aromatic rings. The van der Waals surface area contributed by atoms with E-state index in [9.17, 15) is 4.79 Å². The molecule has 0 radical (unpaired) electrons. The molecule has 0 N–H and O–H groups in total. The summed E-state index contributed by atoms with van der Waals surface area (Å²) in [5.41, 5.74) is 0.877. The molecule has 0 bridgehead atoms. The first-order valence-electron chi connectivity index (χ1n) is 7.19. The summed E-state index contributed by atoms with van der Waals surface area (Å²) in [6.07, 6.45) is 3.99. The summed E-state index contributed by atoms with van der Waals surface area (Å²) < 4.78 is 11.5. The third kappa shape index (κ3) is 3.19. The van der Waals surface area contributed by atoms with Crippen molar-refractivity contribution < 1.29 is 14.3 Å². The third-order valence-electron chi connectivity index (χ3n) is 3.71. The molecule has 1 atom stereocenters. The summed E-state index contributed by atoms with van der Waals surface area (Å²) in [7, 11) is 1.62. The third-order valence-corrected chi connectivity index (χ3v) is 5.09. The van der Waals surface area contributed by atoms with Crippen LogP contribution < -0.4 is 4.74 Å². The molecule has 6 heteroatoms. The highest BCUT2D eigenvalue weighted by molar-refractivity contribution is 8.26. The Morgan fingerprint density at radius 2 is 2.32 bits per heavy atom. The predicted molar refractivity (Wildman–Crippen MR) is 91.8 cm³/mol. The topological polar surface area (TPSA) is 38.8 Å². The molecule has 1 unspecified atom stereocenters. The predicted octanol–water partition coefficient (Wildman–Crippen LogP) is 3.08. The van der Waals surface area contributed by atoms with E-state index in [-0.39, 0.29) is 12.0 Å². The largest absolute Gasteiger partial charge is 0.496 e. The Balaban J connectivity index is 1.79. The molecule has 22 heavy (non-hydrogen) atoms. The van der Waals surface area contributed by atoms with Gasteiger partial charge in [-0.2, -0.15) is 0 Å². The van der Waals surface area contributed by atoms with Gasteiger partial charge in [-0.3, -0.25) is 9.69 Å². The van der Waals surface area contributed by atoms with Gasteiger partial charge >= 0.3 is 0 Å². The SMILES string of the molecule is COc1ccccc1C=C1SC(=S)N(CC2CCCO2)C1=O. The van der Waals surface area contributed by atoms with E-state index in [2.05, 4.69) is 0 Å². The lowest BCUT2D eigenvalue weighted by atomic mass is 10.2. The zero-order chi connectivity index (χ0) is 15.5. The molecule has 2 aliphatic rings. The number of carbonyl (C=O) groups excluding carboxylic acids is 1. The maximum Gasteiger partial charge on any atom is 0.266 e. The minimum atomic E-state index is -0.0450. The van der Waals surface area contributed by atoms with Crippen molar-refractivity contribution in [1.82, 2.24) is 4.90 Å². The summed E-state index contributed by atoms with van der Waals surface area (Å²) in [6, 6.07) is 7.62. The molecule has 4 nitrogen and oxygen atoms in total. The van der Waals surface area contributed by atoms with Gasteiger partial charge in [-0.1, -0.05) is 42.2 Å². The molecule has 2 heterocycles. The number of thioether (sulfide) groups is 1. The molecule has 2 fully saturated rings. The fraction of sp³-hybridized carbons (Fsp3) is 0.375. The van der Waals surface area contributed by atoms with Crippen molar-refractivity contribution in [3.8, 4) is 5.75 Å². The molecule has 2 aliphatic heterocycles. The summed E-state index contributed by atoms with van der Waals surface area (Å²) >= 11 is 6.68. The lowest BCUT2D eigenvalue weighted by Crippen LogP contribution is -2.35. The van der Waals surface area contributed by atoms with E-state index in [1.54, 1.807) is 12.0 Å². The average Bonchev–Trinajstić information content (AvgIpc) is 3.12. The number of nitrogens with zero attached hydrogens (tertiary/aromatic N) is 1. The number of ether oxygens (including phenoxy) is 2. The zero-order valence-corrected chi connectivity index (χ0v) is 13.9. The van der Waals surface area contributed by atoms with E-state index in [4.69, 9.17) is 21.7 Å². The van der Waals surface area contributed by atoms with E-state index >= 15 is 0 Å². The molecule has 0 saturated carbocycles. The van der Waals surface area contributed by atoms with Crippen molar-refractivity contribution in [2.45, 2.75) is 18.9 Å². The van der Waals surface area contributed by atoms with Gasteiger partial charge in [0.2, 0.25) is 0 Å². The smallest absolute Gasteiger partial charge is 0.266 e. The maximum absolute atomic E-state index is 12.6. The van der Waals surface area contributed by atoms with Crippen LogP contribution in [0.2, 0.25) is 0 Å². The quantitative estimate of drug-likeness (QED) is 0.624. The summed E-state index contributed by atoms with van der Waals surface area (Å²) in [6.45, 7) is 1.32. The number of rotatable bonds is 4. The van der Waals surface area contributed by atoms with Crippen molar-refractivity contribution in [2.24, 2.45) is 0 Å². The molecule has 116 valence electrons. The molecule has 0 aliphatic carbocycles. The van der Waals surface area contributed by atoms with Gasteiger partial charge in [-0.05, 0) is 25.0 Å². The minimum Gasteiger partial charge on any atom is -0.496 e. The second kappa shape index (κ2) is 6.81. The van der Waals surface area contributed by atoms with Gasteiger partial charge in [-0.25, -0.2) is 0 Å². The van der Waals surface area contributed by atoms with E-state index in [1.165, 1.54) is 11.8 Å². The molecule has 1 aromatic carbocycles. The first-order valence-corrected chi connectivity index (χ1v) is 8.41. The van der Waals surface area contributed by atoms with E-state index in [1.807, 2.05) is 30.3 Å². The second-order valence-electron chi connectivity index (χ2n) is 5.17. The molecule has 0 aromatic heterocycles. The van der Waals surface area contributed by atoms with Crippen LogP contribution in [0.5, 0.6) is 5.75 Å². The summed E-state index contributed by atoms with van der Waals surface area (Å²) in [5.74, 6) is 0.698. The van der Waals surface area contributed by atoms with Crippen molar-refractivity contribution in [3.05, 3.63) is 34.7 Å². The minimum absolute atomic E-state index is 0.0450. The standard InChI is InChI=1S/C16H17NO3S2/c1-19-13-7-3-2-5-11(13)9-14-15(18)17(16(21)22-14)10-12-6-4-8-20-12/h2-3,5,7,9,12H,4,6,8,10H2,1H3. The summed E-state index contributed by atoms with van der Waals surface area (Å²) in [5, 5.41) is 0. The number of thiocarbonyl (C=S) groups is 1. The molecule has 2 saturated heterocycles. The fourth-order valence-corrected chi connectivity index (χ4v) is 3.84. The second-order valence-corrected chi connectivity index (χ2v) is 6.85.